The Labute approximate surface area is 506 Å². The molecule has 16 rings (SSSR count). The van der Waals surface area contributed by atoms with Gasteiger partial charge in [-0.3, -0.25) is 24.0 Å². The van der Waals surface area contributed by atoms with E-state index in [1.165, 1.54) is 128 Å². The first kappa shape index (κ1) is 65.0. The number of hydrogen-bond acceptors (Lipinski definition) is 9. The highest BCUT2D eigenvalue weighted by Gasteiger charge is 2.63. The fourth-order valence-electron chi connectivity index (χ4n) is 21.1. The van der Waals surface area contributed by atoms with Crippen molar-refractivity contribution in [1.29, 1.82) is 0 Å². The standard InChI is InChI=1S/C20H32O3.C19H32O2.C18H30O2.C17H28O2/c1-5-19(2,3)18(22)23-12-17(21)11-20(4)15-7-13-6-14(9-15)10-16(20)8-13;1-6-18(4,5)17(20)21-19(12(2)3)15-8-13-7-14(10-15)11-16(19)9-13;1-5-17(3,4)16(19)20-18(6-2)14-8-12-7-13(10-14)11-15(18)9-12;1-5-16(2,3)15(18)19-17(4)13-7-11-6-12(9-13)10-14(17)8-11/h13-16H,5-12H2,1-4H3;12-16H,6-11H2,1-5H3;12-15H,5-11H2,1-4H3;11-14H,5-10H2,1-4H3. The van der Waals surface area contributed by atoms with Crippen LogP contribution in [0.4, 0.5) is 0 Å². The lowest BCUT2D eigenvalue weighted by Gasteiger charge is -2.62. The van der Waals surface area contributed by atoms with E-state index in [1.54, 1.807) is 0 Å². The van der Waals surface area contributed by atoms with Gasteiger partial charge in [-0.1, -0.05) is 55.4 Å². The molecule has 0 unspecified atom stereocenters. The molecule has 0 aromatic heterocycles. The van der Waals surface area contributed by atoms with Crippen LogP contribution in [0.1, 0.15) is 285 Å². The molecule has 0 N–H and O–H groups in total. The third-order valence-electron chi connectivity index (χ3n) is 27.7. The molecule has 0 amide bonds. The zero-order valence-electron chi connectivity index (χ0n) is 56.1. The van der Waals surface area contributed by atoms with Crippen LogP contribution in [0.3, 0.4) is 0 Å². The number of ether oxygens (including phenoxy) is 4. The maximum Gasteiger partial charge on any atom is 0.312 e. The molecule has 0 heterocycles. The molecule has 16 saturated carbocycles. The highest BCUT2D eigenvalue weighted by Crippen LogP contribution is 2.66. The molecule has 83 heavy (non-hydrogen) atoms. The lowest BCUT2D eigenvalue weighted by molar-refractivity contribution is -0.231. The van der Waals surface area contributed by atoms with Crippen LogP contribution in [0.25, 0.3) is 0 Å². The smallest absolute Gasteiger partial charge is 0.312 e. The maximum atomic E-state index is 12.8. The maximum absolute atomic E-state index is 12.8. The molecule has 9 nitrogen and oxygen atoms in total. The number of hydrogen-bond donors (Lipinski definition) is 0. The van der Waals surface area contributed by atoms with Crippen LogP contribution in [0.5, 0.6) is 0 Å². The monoisotopic (exact) mass is 1150 g/mol. The molecule has 0 saturated heterocycles. The minimum absolute atomic E-state index is 0.0185. The fraction of sp³-hybridized carbons (Fsp3) is 0.932. The summed E-state index contributed by atoms with van der Waals surface area (Å²) < 4.78 is 24.1. The van der Waals surface area contributed by atoms with Gasteiger partial charge in [-0.2, -0.15) is 0 Å². The van der Waals surface area contributed by atoms with E-state index in [9.17, 15) is 24.0 Å². The third kappa shape index (κ3) is 12.5. The minimum atomic E-state index is -0.493. The molecule has 0 atom stereocenters. The van der Waals surface area contributed by atoms with Crippen molar-refractivity contribution in [3.05, 3.63) is 0 Å². The summed E-state index contributed by atoms with van der Waals surface area (Å²) in [5.74, 6) is 12.9. The van der Waals surface area contributed by atoms with E-state index in [2.05, 4.69) is 55.4 Å². The Morgan fingerprint density at radius 2 is 0.675 bits per heavy atom. The van der Waals surface area contributed by atoms with Crippen LogP contribution in [0.2, 0.25) is 0 Å². The van der Waals surface area contributed by atoms with Crippen molar-refractivity contribution in [1.82, 2.24) is 0 Å². The lowest BCUT2D eigenvalue weighted by Crippen LogP contribution is -2.63. The third-order valence-corrected chi connectivity index (χ3v) is 27.7. The van der Waals surface area contributed by atoms with E-state index in [0.29, 0.717) is 59.7 Å². The summed E-state index contributed by atoms with van der Waals surface area (Å²) in [6.45, 7) is 35.4. The largest absolute Gasteiger partial charge is 0.458 e. The zero-order valence-corrected chi connectivity index (χ0v) is 56.1. The second-order valence-electron chi connectivity index (χ2n) is 34.6. The summed E-state index contributed by atoms with van der Waals surface area (Å²) in [5.41, 5.74) is -1.83. The van der Waals surface area contributed by atoms with Crippen molar-refractivity contribution in [2.24, 2.45) is 128 Å². The molecule has 0 aliphatic heterocycles. The Morgan fingerprint density at radius 1 is 0.386 bits per heavy atom. The molecule has 472 valence electrons. The summed E-state index contributed by atoms with van der Waals surface area (Å²) in [6, 6.07) is 0. The fourth-order valence-corrected chi connectivity index (χ4v) is 21.1. The average Bonchev–Trinajstić information content (AvgIpc) is 1.97. The number of esters is 4. The highest BCUT2D eigenvalue weighted by molar-refractivity contribution is 5.84. The summed E-state index contributed by atoms with van der Waals surface area (Å²) in [4.78, 5) is 62.4. The number of carbonyl (C=O) groups excluding carboxylic acids is 5. The van der Waals surface area contributed by atoms with Crippen molar-refractivity contribution < 1.29 is 42.9 Å². The van der Waals surface area contributed by atoms with Crippen LogP contribution >= 0.6 is 0 Å². The summed E-state index contributed by atoms with van der Waals surface area (Å²) >= 11 is 0. The Kier molecular flexibility index (Phi) is 18.9. The van der Waals surface area contributed by atoms with Crippen LogP contribution in [-0.4, -0.2) is 53.1 Å². The van der Waals surface area contributed by atoms with Gasteiger partial charge < -0.3 is 18.9 Å². The SMILES string of the molecule is CCC(C)(C)C(=O)OC1(C(C)C)C2CC3CC(C2)CC1C3.CCC(C)(C)C(=O)OC1(C)C2CC3CC(C2)CC1C3.CCC(C)(C)C(=O)OC1(CC)C2CC3CC(C2)CC1C3.CCC(C)(C)C(=O)OCC(=O)CC1(C)C2CC3CC(C2)CC1C3. The zero-order chi connectivity index (χ0) is 60.6. The van der Waals surface area contributed by atoms with Gasteiger partial charge in [0.05, 0.1) is 21.7 Å². The van der Waals surface area contributed by atoms with Crippen LogP contribution in [0, 0.1) is 128 Å². The summed E-state index contributed by atoms with van der Waals surface area (Å²) in [6.07, 6.45) is 31.5. The number of rotatable bonds is 17. The molecular formula is C74H122O9. The Hall–Kier alpha value is -2.45. The first-order valence-electron chi connectivity index (χ1n) is 35.2. The molecule has 16 aliphatic carbocycles. The number of ketones is 1. The second-order valence-corrected chi connectivity index (χ2v) is 34.6. The normalized spacial score (nSPS) is 41.7. The van der Waals surface area contributed by atoms with Gasteiger partial charge in [0, 0.05) is 6.42 Å². The van der Waals surface area contributed by atoms with Gasteiger partial charge in [0.25, 0.3) is 0 Å². The van der Waals surface area contributed by atoms with Crippen molar-refractivity contribution in [2.45, 2.75) is 301 Å². The van der Waals surface area contributed by atoms with Gasteiger partial charge in [-0.15, -0.1) is 0 Å². The van der Waals surface area contributed by atoms with E-state index in [4.69, 9.17) is 18.9 Å². The van der Waals surface area contributed by atoms with Crippen molar-refractivity contribution in [3.63, 3.8) is 0 Å². The van der Waals surface area contributed by atoms with Gasteiger partial charge in [-0.05, 0) is 329 Å². The number of Topliss-reactive ketones (excluding diaryl/α,β-unsaturated/α-hetero) is 1. The molecule has 0 spiro atoms. The quantitative estimate of drug-likeness (QED) is 0.103. The molecule has 9 heteroatoms. The van der Waals surface area contributed by atoms with Crippen molar-refractivity contribution >= 4 is 29.7 Å². The van der Waals surface area contributed by atoms with E-state index in [1.807, 2.05) is 62.3 Å². The van der Waals surface area contributed by atoms with Crippen molar-refractivity contribution in [3.8, 4) is 0 Å². The van der Waals surface area contributed by atoms with Gasteiger partial charge in [-0.25, -0.2) is 0 Å². The summed E-state index contributed by atoms with van der Waals surface area (Å²) in [7, 11) is 0. The molecule has 0 radical (unpaired) electrons. The van der Waals surface area contributed by atoms with Gasteiger partial charge in [0.15, 0.2) is 5.78 Å². The first-order valence-corrected chi connectivity index (χ1v) is 35.2. The van der Waals surface area contributed by atoms with Gasteiger partial charge >= 0.3 is 23.9 Å². The Bertz CT molecular complexity index is 2220. The van der Waals surface area contributed by atoms with Crippen LogP contribution < -0.4 is 0 Å². The van der Waals surface area contributed by atoms with E-state index < -0.39 is 5.41 Å². The van der Waals surface area contributed by atoms with Crippen molar-refractivity contribution in [2.75, 3.05) is 6.61 Å². The average molecular weight is 1160 g/mol. The molecule has 16 fully saturated rings. The predicted molar refractivity (Wildman–Crippen MR) is 330 cm³/mol. The van der Waals surface area contributed by atoms with Crippen LogP contribution in [0.15, 0.2) is 0 Å². The molecule has 0 aromatic rings. The molecule has 0 aromatic carbocycles. The van der Waals surface area contributed by atoms with E-state index in [0.717, 1.165) is 79.4 Å². The highest BCUT2D eigenvalue weighted by atomic mass is 16.6. The first-order chi connectivity index (χ1) is 38.8. The van der Waals surface area contributed by atoms with E-state index in [-0.39, 0.29) is 74.7 Å². The van der Waals surface area contributed by atoms with Crippen LogP contribution in [-0.2, 0) is 42.9 Å². The summed E-state index contributed by atoms with van der Waals surface area (Å²) in [5, 5.41) is 0. The lowest BCUT2D eigenvalue weighted by atomic mass is 9.45. The Balaban J connectivity index is 0.000000133. The Morgan fingerprint density at radius 3 is 1.00 bits per heavy atom. The number of carbonyl (C=O) groups is 5. The minimum Gasteiger partial charge on any atom is -0.458 e. The topological polar surface area (TPSA) is 122 Å². The second kappa shape index (κ2) is 24.2. The van der Waals surface area contributed by atoms with Gasteiger partial charge in [0.1, 0.15) is 23.4 Å². The van der Waals surface area contributed by atoms with E-state index >= 15 is 0 Å². The molecule has 16 aliphatic rings. The predicted octanol–water partition coefficient (Wildman–Crippen LogP) is 18.0. The molecule has 16 bridgehead atoms. The molecular weight excluding hydrogens is 1030 g/mol. The van der Waals surface area contributed by atoms with Gasteiger partial charge in [0.2, 0.25) is 0 Å².